The van der Waals surface area contributed by atoms with E-state index in [9.17, 15) is 0 Å². The molecule has 0 saturated carbocycles. The van der Waals surface area contributed by atoms with Crippen molar-refractivity contribution in [3.63, 3.8) is 0 Å². The van der Waals surface area contributed by atoms with Crippen molar-refractivity contribution >= 4 is 45.2 Å². The Morgan fingerprint density at radius 1 is 1.27 bits per heavy atom. The van der Waals surface area contributed by atoms with Crippen molar-refractivity contribution in [2.45, 2.75) is 0 Å². The Kier molecular flexibility index (Phi) is 3.44. The van der Waals surface area contributed by atoms with Crippen LogP contribution in [0.2, 0.25) is 5.02 Å². The summed E-state index contributed by atoms with van der Waals surface area (Å²) in [6.07, 6.45) is 1.80. The van der Waals surface area contributed by atoms with Crippen LogP contribution in [0, 0.1) is 0 Å². The summed E-state index contributed by atoms with van der Waals surface area (Å²) in [5.74, 6) is 0. The molecule has 1 aromatic rings. The first-order valence-electron chi connectivity index (χ1n) is 2.97. The molecule has 0 atom stereocenters. The molecule has 11 heavy (non-hydrogen) atoms. The van der Waals surface area contributed by atoms with Crippen LogP contribution < -0.4 is 0 Å². The molecule has 0 nitrogen and oxygen atoms in total. The molecule has 0 aromatic heterocycles. The predicted molar refractivity (Wildman–Crippen MR) is 54.2 cm³/mol. The second kappa shape index (κ2) is 4.15. The lowest BCUT2D eigenvalue weighted by Crippen LogP contribution is -1.69. The molecule has 58 valence electrons. The van der Waals surface area contributed by atoms with Gasteiger partial charge in [0.25, 0.3) is 0 Å². The van der Waals surface area contributed by atoms with Crippen LogP contribution in [0.3, 0.4) is 0 Å². The van der Waals surface area contributed by atoms with E-state index in [0.717, 1.165) is 10.6 Å². The molecule has 0 N–H and O–H groups in total. The van der Waals surface area contributed by atoms with Crippen molar-refractivity contribution < 1.29 is 0 Å². The Hall–Kier alpha value is 0.0200. The van der Waals surface area contributed by atoms with Crippen LogP contribution in [0.1, 0.15) is 5.56 Å². The largest absolute Gasteiger partial charge is 0.0843 e. The summed E-state index contributed by atoms with van der Waals surface area (Å²) in [5.41, 5.74) is 1.02. The van der Waals surface area contributed by atoms with Crippen LogP contribution in [0.15, 0.2) is 28.2 Å². The van der Waals surface area contributed by atoms with Crippen LogP contribution >= 0.6 is 39.1 Å². The van der Waals surface area contributed by atoms with Gasteiger partial charge < -0.3 is 0 Å². The number of benzene rings is 1. The third-order valence-corrected chi connectivity index (χ3v) is 1.74. The van der Waals surface area contributed by atoms with Crippen molar-refractivity contribution in [2.75, 3.05) is 0 Å². The quantitative estimate of drug-likeness (QED) is 0.699. The van der Waals surface area contributed by atoms with Crippen molar-refractivity contribution in [3.8, 4) is 0 Å². The fourth-order valence-corrected chi connectivity index (χ4v) is 1.20. The third-order valence-electron chi connectivity index (χ3n) is 1.15. The van der Waals surface area contributed by atoms with Gasteiger partial charge in [0.05, 0.1) is 3.94 Å². The minimum atomic E-state index is 0.583. The zero-order valence-electron chi connectivity index (χ0n) is 5.52. The van der Waals surface area contributed by atoms with Gasteiger partial charge in [-0.25, -0.2) is 0 Å². The van der Waals surface area contributed by atoms with Gasteiger partial charge in [-0.1, -0.05) is 35.3 Å². The lowest BCUT2D eigenvalue weighted by molar-refractivity contribution is 1.66. The third kappa shape index (κ3) is 3.28. The minimum Gasteiger partial charge on any atom is -0.0843 e. The topological polar surface area (TPSA) is 0 Å². The average Bonchev–Trinajstić information content (AvgIpc) is 1.93. The second-order valence-corrected chi connectivity index (χ2v) is 4.14. The first kappa shape index (κ1) is 9.11. The summed E-state index contributed by atoms with van der Waals surface area (Å²) < 4.78 is 0.583. The van der Waals surface area contributed by atoms with Crippen molar-refractivity contribution in [3.05, 3.63) is 38.8 Å². The maximum atomic E-state index is 5.68. The number of rotatable bonds is 1. The molecule has 0 spiro atoms. The van der Waals surface area contributed by atoms with Crippen molar-refractivity contribution in [2.24, 2.45) is 0 Å². The van der Waals surface area contributed by atoms with Crippen molar-refractivity contribution in [1.82, 2.24) is 0 Å². The van der Waals surface area contributed by atoms with Gasteiger partial charge in [0.15, 0.2) is 0 Å². The van der Waals surface area contributed by atoms with E-state index in [1.54, 1.807) is 6.08 Å². The lowest BCUT2D eigenvalue weighted by Gasteiger charge is -1.92. The molecule has 0 aliphatic carbocycles. The van der Waals surface area contributed by atoms with E-state index in [1.807, 2.05) is 24.3 Å². The van der Waals surface area contributed by atoms with Crippen LogP contribution in [-0.2, 0) is 0 Å². The van der Waals surface area contributed by atoms with Gasteiger partial charge in [0.2, 0.25) is 0 Å². The summed E-state index contributed by atoms with van der Waals surface area (Å²) in [7, 11) is 0. The number of halogens is 3. The Balaban J connectivity index is 2.91. The highest BCUT2D eigenvalue weighted by Gasteiger charge is 1.89. The van der Waals surface area contributed by atoms with E-state index in [1.165, 1.54) is 0 Å². The Bertz CT molecular complexity index is 260. The van der Waals surface area contributed by atoms with Gasteiger partial charge in [-0.3, -0.25) is 0 Å². The van der Waals surface area contributed by atoms with E-state index in [2.05, 4.69) is 15.9 Å². The molecule has 0 heterocycles. The van der Waals surface area contributed by atoms with Crippen LogP contribution in [-0.4, -0.2) is 0 Å². The maximum Gasteiger partial charge on any atom is 0.0839 e. The molecule has 3 heteroatoms. The summed E-state index contributed by atoms with van der Waals surface area (Å²) >= 11 is 14.4. The Labute approximate surface area is 83.9 Å². The molecule has 0 radical (unpaired) electrons. The van der Waals surface area contributed by atoms with Gasteiger partial charge in [0, 0.05) is 5.02 Å². The van der Waals surface area contributed by atoms with Gasteiger partial charge >= 0.3 is 0 Å². The highest BCUT2D eigenvalue weighted by molar-refractivity contribution is 9.12. The molecule has 0 aliphatic heterocycles. The highest BCUT2D eigenvalue weighted by atomic mass is 79.9. The molecule has 1 rings (SSSR count). The SMILES string of the molecule is ClC(Br)=Cc1ccc(Cl)cc1. The first-order valence-corrected chi connectivity index (χ1v) is 4.51. The molecule has 0 amide bonds. The normalized spacial score (nSPS) is 11.7. The molecular weight excluding hydrogens is 247 g/mol. The first-order chi connectivity index (χ1) is 5.18. The zero-order valence-corrected chi connectivity index (χ0v) is 8.62. The molecule has 0 fully saturated rings. The second-order valence-electron chi connectivity index (χ2n) is 1.99. The zero-order chi connectivity index (χ0) is 8.27. The Morgan fingerprint density at radius 3 is 2.27 bits per heavy atom. The van der Waals surface area contributed by atoms with Gasteiger partial charge in [-0.2, -0.15) is 0 Å². The van der Waals surface area contributed by atoms with Crippen molar-refractivity contribution in [1.29, 1.82) is 0 Å². The van der Waals surface area contributed by atoms with E-state index in [-0.39, 0.29) is 0 Å². The number of hydrogen-bond acceptors (Lipinski definition) is 0. The fourth-order valence-electron chi connectivity index (χ4n) is 0.685. The molecular formula is C8H5BrCl2. The van der Waals surface area contributed by atoms with Gasteiger partial charge in [0.1, 0.15) is 0 Å². The van der Waals surface area contributed by atoms with Crippen LogP contribution in [0.25, 0.3) is 6.08 Å². The van der Waals surface area contributed by atoms with Gasteiger partial charge in [-0.15, -0.1) is 0 Å². The molecule has 0 bridgehead atoms. The summed E-state index contributed by atoms with van der Waals surface area (Å²) in [4.78, 5) is 0. The summed E-state index contributed by atoms with van der Waals surface area (Å²) in [6.45, 7) is 0. The average molecular weight is 252 g/mol. The monoisotopic (exact) mass is 250 g/mol. The van der Waals surface area contributed by atoms with Gasteiger partial charge in [-0.05, 0) is 39.7 Å². The van der Waals surface area contributed by atoms with E-state index >= 15 is 0 Å². The number of hydrogen-bond donors (Lipinski definition) is 0. The molecule has 0 saturated heterocycles. The van der Waals surface area contributed by atoms with Crippen LogP contribution in [0.4, 0.5) is 0 Å². The highest BCUT2D eigenvalue weighted by Crippen LogP contribution is 2.17. The smallest absolute Gasteiger partial charge is 0.0839 e. The van der Waals surface area contributed by atoms with Crippen LogP contribution in [0.5, 0.6) is 0 Å². The van der Waals surface area contributed by atoms with E-state index in [0.29, 0.717) is 3.94 Å². The van der Waals surface area contributed by atoms with E-state index in [4.69, 9.17) is 23.2 Å². The Morgan fingerprint density at radius 2 is 1.82 bits per heavy atom. The minimum absolute atomic E-state index is 0.583. The summed E-state index contributed by atoms with van der Waals surface area (Å²) in [5, 5.41) is 0.729. The molecule has 0 unspecified atom stereocenters. The van der Waals surface area contributed by atoms with E-state index < -0.39 is 0 Å². The predicted octanol–water partition coefficient (Wildman–Crippen LogP) is 4.27. The standard InChI is InChI=1S/C8H5BrCl2/c9-8(11)5-6-1-3-7(10)4-2-6/h1-5H. The lowest BCUT2D eigenvalue weighted by atomic mass is 10.2. The fraction of sp³-hybridized carbons (Fsp3) is 0. The maximum absolute atomic E-state index is 5.68. The molecule has 0 aliphatic rings. The summed E-state index contributed by atoms with van der Waals surface area (Å²) in [6, 6.07) is 7.43. The molecule has 1 aromatic carbocycles.